The molecule has 0 aliphatic heterocycles. The fourth-order valence-electron chi connectivity index (χ4n) is 1.63. The van der Waals surface area contributed by atoms with Gasteiger partial charge in [0.25, 0.3) is 5.91 Å². The highest BCUT2D eigenvalue weighted by Gasteiger charge is 2.11. The first-order valence-corrected chi connectivity index (χ1v) is 6.67. The van der Waals surface area contributed by atoms with Crippen molar-refractivity contribution in [2.45, 2.75) is 6.92 Å². The van der Waals surface area contributed by atoms with Crippen molar-refractivity contribution in [3.05, 3.63) is 62.8 Å². The minimum atomic E-state index is -0.515. The van der Waals surface area contributed by atoms with Gasteiger partial charge in [0.05, 0.1) is 5.02 Å². The third-order valence-electron chi connectivity index (χ3n) is 2.69. The van der Waals surface area contributed by atoms with Crippen molar-refractivity contribution >= 4 is 39.1 Å². The number of nitrogens with one attached hydrogen (secondary N) is 1. The van der Waals surface area contributed by atoms with Crippen molar-refractivity contribution in [2.75, 3.05) is 5.32 Å². The van der Waals surface area contributed by atoms with Gasteiger partial charge in [0.1, 0.15) is 5.82 Å². The highest BCUT2D eigenvalue weighted by atomic mass is 79.9. The van der Waals surface area contributed by atoms with Gasteiger partial charge >= 0.3 is 0 Å². The van der Waals surface area contributed by atoms with Gasteiger partial charge < -0.3 is 5.32 Å². The highest BCUT2D eigenvalue weighted by Crippen LogP contribution is 2.22. The van der Waals surface area contributed by atoms with Crippen LogP contribution in [-0.2, 0) is 0 Å². The molecule has 0 saturated heterocycles. The van der Waals surface area contributed by atoms with E-state index in [4.69, 9.17) is 11.6 Å². The van der Waals surface area contributed by atoms with Crippen molar-refractivity contribution in [3.63, 3.8) is 0 Å². The summed E-state index contributed by atoms with van der Waals surface area (Å²) in [5.41, 5.74) is 1.85. The lowest BCUT2D eigenvalue weighted by atomic mass is 10.1. The third-order valence-corrected chi connectivity index (χ3v) is 3.84. The Labute approximate surface area is 123 Å². The summed E-state index contributed by atoms with van der Waals surface area (Å²) in [6, 6.07) is 9.42. The van der Waals surface area contributed by atoms with Crippen LogP contribution in [0.25, 0.3) is 0 Å². The first kappa shape index (κ1) is 14.0. The van der Waals surface area contributed by atoms with E-state index >= 15 is 0 Å². The topological polar surface area (TPSA) is 29.1 Å². The maximum Gasteiger partial charge on any atom is 0.255 e. The van der Waals surface area contributed by atoms with E-state index in [0.717, 1.165) is 10.0 Å². The molecule has 0 heterocycles. The summed E-state index contributed by atoms with van der Waals surface area (Å²) in [7, 11) is 0. The number of amides is 1. The SMILES string of the molecule is Cc1c(Br)cccc1C(=O)Nc1ccc(F)c(Cl)c1. The monoisotopic (exact) mass is 341 g/mol. The van der Waals surface area contributed by atoms with Crippen LogP contribution in [0.4, 0.5) is 10.1 Å². The normalized spacial score (nSPS) is 10.3. The average molecular weight is 343 g/mol. The highest BCUT2D eigenvalue weighted by molar-refractivity contribution is 9.10. The molecule has 0 aliphatic carbocycles. The Bertz CT molecular complexity index is 645. The predicted octanol–water partition coefficient (Wildman–Crippen LogP) is 4.80. The van der Waals surface area contributed by atoms with Crippen LogP contribution in [0.5, 0.6) is 0 Å². The third kappa shape index (κ3) is 3.14. The lowest BCUT2D eigenvalue weighted by Crippen LogP contribution is -2.13. The number of carbonyl (C=O) groups is 1. The zero-order valence-corrected chi connectivity index (χ0v) is 12.3. The lowest BCUT2D eigenvalue weighted by Gasteiger charge is -2.09. The van der Waals surface area contributed by atoms with Gasteiger partial charge in [0.15, 0.2) is 0 Å². The molecule has 0 bridgehead atoms. The van der Waals surface area contributed by atoms with Gasteiger partial charge in [-0.1, -0.05) is 33.6 Å². The van der Waals surface area contributed by atoms with Crippen molar-refractivity contribution in [3.8, 4) is 0 Å². The van der Waals surface area contributed by atoms with E-state index in [1.54, 1.807) is 12.1 Å². The summed E-state index contributed by atoms with van der Waals surface area (Å²) in [5.74, 6) is -0.778. The van der Waals surface area contributed by atoms with Crippen LogP contribution in [0.2, 0.25) is 5.02 Å². The van der Waals surface area contributed by atoms with Crippen LogP contribution < -0.4 is 5.32 Å². The molecule has 2 nitrogen and oxygen atoms in total. The Morgan fingerprint density at radius 2 is 2.05 bits per heavy atom. The number of hydrogen-bond donors (Lipinski definition) is 1. The number of benzene rings is 2. The molecule has 0 fully saturated rings. The molecule has 1 N–H and O–H groups in total. The van der Waals surface area contributed by atoms with Crippen LogP contribution in [-0.4, -0.2) is 5.91 Å². The Balaban J connectivity index is 2.26. The van der Waals surface area contributed by atoms with Crippen LogP contribution >= 0.6 is 27.5 Å². The molecule has 2 rings (SSSR count). The zero-order valence-electron chi connectivity index (χ0n) is 10.0. The molecule has 1 amide bonds. The van der Waals surface area contributed by atoms with E-state index in [-0.39, 0.29) is 10.9 Å². The summed E-state index contributed by atoms with van der Waals surface area (Å²) < 4.78 is 13.9. The van der Waals surface area contributed by atoms with Crippen molar-refractivity contribution < 1.29 is 9.18 Å². The molecule has 98 valence electrons. The van der Waals surface area contributed by atoms with Crippen LogP contribution in [0.3, 0.4) is 0 Å². The Kier molecular flexibility index (Phi) is 4.22. The molecule has 5 heteroatoms. The largest absolute Gasteiger partial charge is 0.322 e. The van der Waals surface area contributed by atoms with Gasteiger partial charge in [-0.25, -0.2) is 4.39 Å². The van der Waals surface area contributed by atoms with E-state index in [1.165, 1.54) is 18.2 Å². The molecule has 2 aromatic rings. The molecule has 0 unspecified atom stereocenters. The molecule has 19 heavy (non-hydrogen) atoms. The van der Waals surface area contributed by atoms with Crippen molar-refractivity contribution in [1.82, 2.24) is 0 Å². The molecule has 0 radical (unpaired) electrons. The van der Waals surface area contributed by atoms with E-state index in [0.29, 0.717) is 11.3 Å². The fourth-order valence-corrected chi connectivity index (χ4v) is 2.17. The molecular weight excluding hydrogens is 333 g/mol. The maximum absolute atomic E-state index is 13.0. The summed E-state index contributed by atoms with van der Waals surface area (Å²) in [6.07, 6.45) is 0. The van der Waals surface area contributed by atoms with Crippen molar-refractivity contribution in [2.24, 2.45) is 0 Å². The summed E-state index contributed by atoms with van der Waals surface area (Å²) in [5, 5.41) is 2.66. The minimum Gasteiger partial charge on any atom is -0.322 e. The smallest absolute Gasteiger partial charge is 0.255 e. The summed E-state index contributed by atoms with van der Waals surface area (Å²) in [4.78, 5) is 12.1. The van der Waals surface area contributed by atoms with Crippen LogP contribution in [0.15, 0.2) is 40.9 Å². The summed E-state index contributed by atoms with van der Waals surface area (Å²) in [6.45, 7) is 1.84. The summed E-state index contributed by atoms with van der Waals surface area (Å²) >= 11 is 9.04. The number of anilines is 1. The second-order valence-electron chi connectivity index (χ2n) is 4.00. The standard InChI is InChI=1S/C14H10BrClFNO/c1-8-10(3-2-4-11(8)15)14(19)18-9-5-6-13(17)12(16)7-9/h2-7H,1H3,(H,18,19). The molecule has 0 aromatic heterocycles. The molecule has 0 spiro atoms. The van der Waals surface area contributed by atoms with Gasteiger partial charge in [-0.05, 0) is 42.8 Å². The van der Waals surface area contributed by atoms with Gasteiger partial charge in [-0.3, -0.25) is 4.79 Å². The Morgan fingerprint density at radius 1 is 1.32 bits per heavy atom. The minimum absolute atomic E-state index is 0.0243. The van der Waals surface area contributed by atoms with Gasteiger partial charge in [-0.2, -0.15) is 0 Å². The van der Waals surface area contributed by atoms with Gasteiger partial charge in [0, 0.05) is 15.7 Å². The maximum atomic E-state index is 13.0. The quantitative estimate of drug-likeness (QED) is 0.834. The van der Waals surface area contributed by atoms with Crippen molar-refractivity contribution in [1.29, 1.82) is 0 Å². The fraction of sp³-hybridized carbons (Fsp3) is 0.0714. The first-order valence-electron chi connectivity index (χ1n) is 5.50. The average Bonchev–Trinajstić information content (AvgIpc) is 2.37. The first-order chi connectivity index (χ1) is 8.99. The van der Waals surface area contributed by atoms with Gasteiger partial charge in [-0.15, -0.1) is 0 Å². The molecular formula is C14H10BrClFNO. The van der Waals surface area contributed by atoms with E-state index in [1.807, 2.05) is 13.0 Å². The van der Waals surface area contributed by atoms with Crippen LogP contribution in [0.1, 0.15) is 15.9 Å². The Hall–Kier alpha value is -1.39. The molecule has 0 atom stereocenters. The molecule has 0 aliphatic rings. The number of rotatable bonds is 2. The second kappa shape index (κ2) is 5.72. The number of halogens is 3. The number of hydrogen-bond acceptors (Lipinski definition) is 1. The van der Waals surface area contributed by atoms with Crippen LogP contribution in [0, 0.1) is 12.7 Å². The zero-order chi connectivity index (χ0) is 14.0. The van der Waals surface area contributed by atoms with Gasteiger partial charge in [0.2, 0.25) is 0 Å². The van der Waals surface area contributed by atoms with E-state index < -0.39 is 5.82 Å². The van der Waals surface area contributed by atoms with E-state index in [9.17, 15) is 9.18 Å². The Morgan fingerprint density at radius 3 is 2.74 bits per heavy atom. The lowest BCUT2D eigenvalue weighted by molar-refractivity contribution is 0.102. The molecule has 0 saturated carbocycles. The number of carbonyl (C=O) groups excluding carboxylic acids is 1. The second-order valence-corrected chi connectivity index (χ2v) is 5.26. The van der Waals surface area contributed by atoms with E-state index in [2.05, 4.69) is 21.2 Å². The predicted molar refractivity (Wildman–Crippen MR) is 78.2 cm³/mol. The molecule has 2 aromatic carbocycles.